The first-order chi connectivity index (χ1) is 7.16. The van der Waals surface area contributed by atoms with E-state index < -0.39 is 0 Å². The zero-order chi connectivity index (χ0) is 11.3. The van der Waals surface area contributed by atoms with Crippen LogP contribution in [0.2, 0.25) is 0 Å². The molecule has 0 aromatic heterocycles. The first-order valence-electron chi connectivity index (χ1n) is 5.49. The van der Waals surface area contributed by atoms with Crippen molar-refractivity contribution in [1.82, 2.24) is 15.5 Å². The normalized spacial score (nSPS) is 18.3. The van der Waals surface area contributed by atoms with Crippen molar-refractivity contribution >= 4 is 11.9 Å². The number of carbonyl (C=O) groups excluding carboxylic acids is 2. The van der Waals surface area contributed by atoms with Gasteiger partial charge in [-0.15, -0.1) is 0 Å². The fourth-order valence-electron chi connectivity index (χ4n) is 1.55. The van der Waals surface area contributed by atoms with Gasteiger partial charge in [-0.05, 0) is 19.8 Å². The van der Waals surface area contributed by atoms with Gasteiger partial charge in [0, 0.05) is 19.6 Å². The smallest absolute Gasteiger partial charge is 0.318 e. The Morgan fingerprint density at radius 2 is 2.40 bits per heavy atom. The largest absolute Gasteiger partial charge is 0.354 e. The minimum Gasteiger partial charge on any atom is -0.354 e. The highest BCUT2D eigenvalue weighted by molar-refractivity contribution is 5.86. The Labute approximate surface area is 90.2 Å². The number of hydrogen-bond acceptors (Lipinski definition) is 2. The van der Waals surface area contributed by atoms with Crippen molar-refractivity contribution in [3.8, 4) is 0 Å². The summed E-state index contributed by atoms with van der Waals surface area (Å²) in [5, 5.41) is 5.52. The molecule has 1 fully saturated rings. The molecule has 0 spiro atoms. The predicted molar refractivity (Wildman–Crippen MR) is 57.5 cm³/mol. The van der Waals surface area contributed by atoms with Gasteiger partial charge in [0.25, 0.3) is 0 Å². The molecule has 1 rings (SSSR count). The molecule has 1 aliphatic rings. The maximum absolute atomic E-state index is 11.6. The highest BCUT2D eigenvalue weighted by Gasteiger charge is 2.27. The molecule has 0 saturated carbocycles. The van der Waals surface area contributed by atoms with Gasteiger partial charge < -0.3 is 15.5 Å². The molecule has 0 aromatic carbocycles. The average molecular weight is 213 g/mol. The lowest BCUT2D eigenvalue weighted by Crippen LogP contribution is -2.55. The third kappa shape index (κ3) is 3.11. The summed E-state index contributed by atoms with van der Waals surface area (Å²) in [6.45, 7) is 5.79. The summed E-state index contributed by atoms with van der Waals surface area (Å²) in [7, 11) is 0. The van der Waals surface area contributed by atoms with Gasteiger partial charge in [-0.2, -0.15) is 0 Å². The average Bonchev–Trinajstić information content (AvgIpc) is 2.25. The first kappa shape index (κ1) is 11.8. The molecule has 0 bridgehead atoms. The van der Waals surface area contributed by atoms with Crippen LogP contribution in [0.3, 0.4) is 0 Å². The van der Waals surface area contributed by atoms with Crippen LogP contribution in [0, 0.1) is 0 Å². The maximum atomic E-state index is 11.6. The van der Waals surface area contributed by atoms with E-state index in [1.807, 2.05) is 6.92 Å². The van der Waals surface area contributed by atoms with Crippen LogP contribution in [-0.2, 0) is 4.79 Å². The van der Waals surface area contributed by atoms with E-state index in [1.54, 1.807) is 11.8 Å². The zero-order valence-corrected chi connectivity index (χ0v) is 9.38. The summed E-state index contributed by atoms with van der Waals surface area (Å²) in [6.07, 6.45) is 1.81. The van der Waals surface area contributed by atoms with Gasteiger partial charge in [0.1, 0.15) is 6.04 Å². The summed E-state index contributed by atoms with van der Waals surface area (Å²) in [5.41, 5.74) is 0. The van der Waals surface area contributed by atoms with Crippen LogP contribution < -0.4 is 10.6 Å². The van der Waals surface area contributed by atoms with Crippen LogP contribution >= 0.6 is 0 Å². The molecule has 1 unspecified atom stereocenters. The third-order valence-corrected chi connectivity index (χ3v) is 2.51. The van der Waals surface area contributed by atoms with Crippen molar-refractivity contribution in [3.05, 3.63) is 0 Å². The molecule has 1 saturated heterocycles. The minimum absolute atomic E-state index is 0.0751. The van der Waals surface area contributed by atoms with E-state index in [1.165, 1.54) is 0 Å². The summed E-state index contributed by atoms with van der Waals surface area (Å²) in [4.78, 5) is 24.6. The standard InChI is InChI=1S/C10H19N3O2/c1-3-5-11-9(14)8(2)13-7-4-6-12-10(13)15/h8H,3-7H2,1-2H3,(H,11,14)(H,12,15). The highest BCUT2D eigenvalue weighted by atomic mass is 16.2. The number of urea groups is 1. The molecular formula is C10H19N3O2. The van der Waals surface area contributed by atoms with Gasteiger partial charge in [-0.1, -0.05) is 6.92 Å². The summed E-state index contributed by atoms with van der Waals surface area (Å²) in [6, 6.07) is -0.516. The molecule has 86 valence electrons. The molecule has 1 atom stereocenters. The van der Waals surface area contributed by atoms with E-state index in [-0.39, 0.29) is 18.0 Å². The Hall–Kier alpha value is -1.26. The van der Waals surface area contributed by atoms with Crippen LogP contribution in [0.4, 0.5) is 4.79 Å². The number of rotatable bonds is 4. The van der Waals surface area contributed by atoms with Crippen molar-refractivity contribution in [2.24, 2.45) is 0 Å². The molecule has 2 N–H and O–H groups in total. The lowest BCUT2D eigenvalue weighted by Gasteiger charge is -2.31. The topological polar surface area (TPSA) is 61.4 Å². The Bertz CT molecular complexity index is 243. The second kappa shape index (κ2) is 5.58. The van der Waals surface area contributed by atoms with Gasteiger partial charge in [0.2, 0.25) is 5.91 Å². The lowest BCUT2D eigenvalue weighted by atomic mass is 10.2. The Morgan fingerprint density at radius 1 is 1.67 bits per heavy atom. The molecule has 5 nitrogen and oxygen atoms in total. The SMILES string of the molecule is CCCNC(=O)C(C)N1CCCNC1=O. The van der Waals surface area contributed by atoms with Crippen molar-refractivity contribution in [3.63, 3.8) is 0 Å². The summed E-state index contributed by atoms with van der Waals surface area (Å²) >= 11 is 0. The second-order valence-electron chi connectivity index (χ2n) is 3.75. The van der Waals surface area contributed by atoms with Crippen molar-refractivity contribution in [2.45, 2.75) is 32.7 Å². The molecule has 3 amide bonds. The van der Waals surface area contributed by atoms with Crippen molar-refractivity contribution in [1.29, 1.82) is 0 Å². The summed E-state index contributed by atoms with van der Waals surface area (Å²) < 4.78 is 0. The molecule has 1 heterocycles. The molecule has 0 aliphatic carbocycles. The van der Waals surface area contributed by atoms with Crippen LogP contribution in [0.25, 0.3) is 0 Å². The van der Waals surface area contributed by atoms with E-state index in [0.717, 1.165) is 12.8 Å². The number of amides is 3. The quantitative estimate of drug-likeness (QED) is 0.706. The molecule has 0 radical (unpaired) electrons. The van der Waals surface area contributed by atoms with Gasteiger partial charge in [0.05, 0.1) is 0 Å². The van der Waals surface area contributed by atoms with Crippen LogP contribution in [-0.4, -0.2) is 42.5 Å². The number of nitrogens with zero attached hydrogens (tertiary/aromatic N) is 1. The van der Waals surface area contributed by atoms with Gasteiger partial charge >= 0.3 is 6.03 Å². The lowest BCUT2D eigenvalue weighted by molar-refractivity contribution is -0.125. The van der Waals surface area contributed by atoms with Gasteiger partial charge in [-0.3, -0.25) is 4.79 Å². The van der Waals surface area contributed by atoms with Crippen LogP contribution in [0.5, 0.6) is 0 Å². The monoisotopic (exact) mass is 213 g/mol. The Balaban J connectivity index is 2.46. The number of nitrogens with one attached hydrogen (secondary N) is 2. The maximum Gasteiger partial charge on any atom is 0.318 e. The fourth-order valence-corrected chi connectivity index (χ4v) is 1.55. The van der Waals surface area contributed by atoms with Crippen molar-refractivity contribution in [2.75, 3.05) is 19.6 Å². The predicted octanol–water partition coefficient (Wildman–Crippen LogP) is 0.316. The van der Waals surface area contributed by atoms with Gasteiger partial charge in [0.15, 0.2) is 0 Å². The zero-order valence-electron chi connectivity index (χ0n) is 9.38. The molecule has 15 heavy (non-hydrogen) atoms. The first-order valence-corrected chi connectivity index (χ1v) is 5.49. The van der Waals surface area contributed by atoms with E-state index in [4.69, 9.17) is 0 Å². The Kier molecular flexibility index (Phi) is 4.39. The molecular weight excluding hydrogens is 194 g/mol. The molecule has 5 heteroatoms. The number of carbonyl (C=O) groups is 2. The van der Waals surface area contributed by atoms with E-state index in [0.29, 0.717) is 19.6 Å². The van der Waals surface area contributed by atoms with Crippen LogP contribution in [0.1, 0.15) is 26.7 Å². The van der Waals surface area contributed by atoms with Gasteiger partial charge in [-0.25, -0.2) is 4.79 Å². The Morgan fingerprint density at radius 3 is 3.00 bits per heavy atom. The molecule has 1 aliphatic heterocycles. The number of hydrogen-bond donors (Lipinski definition) is 2. The highest BCUT2D eigenvalue weighted by Crippen LogP contribution is 2.05. The van der Waals surface area contributed by atoms with E-state index in [2.05, 4.69) is 10.6 Å². The summed E-state index contributed by atoms with van der Waals surface area (Å²) in [5.74, 6) is -0.0751. The van der Waals surface area contributed by atoms with E-state index in [9.17, 15) is 9.59 Å². The van der Waals surface area contributed by atoms with Crippen LogP contribution in [0.15, 0.2) is 0 Å². The van der Waals surface area contributed by atoms with E-state index >= 15 is 0 Å². The second-order valence-corrected chi connectivity index (χ2v) is 3.75. The fraction of sp³-hybridized carbons (Fsp3) is 0.800. The molecule has 0 aromatic rings. The third-order valence-electron chi connectivity index (χ3n) is 2.51. The van der Waals surface area contributed by atoms with Crippen molar-refractivity contribution < 1.29 is 9.59 Å². The minimum atomic E-state index is -0.378.